The summed E-state index contributed by atoms with van der Waals surface area (Å²) in [6, 6.07) is 3.27. The second-order valence-electron chi connectivity index (χ2n) is 4.28. The van der Waals surface area contributed by atoms with Crippen molar-refractivity contribution in [3.63, 3.8) is 0 Å². The molecule has 0 spiro atoms. The number of nitrogen functional groups attached to an aromatic ring is 1. The van der Waals surface area contributed by atoms with Gasteiger partial charge in [-0.2, -0.15) is 4.31 Å². The van der Waals surface area contributed by atoms with Gasteiger partial charge < -0.3 is 10.5 Å². The van der Waals surface area contributed by atoms with E-state index in [-0.39, 0.29) is 4.90 Å². The molecular formula is C12H20N2O3S. The third-order valence-electron chi connectivity index (χ3n) is 2.94. The van der Waals surface area contributed by atoms with Gasteiger partial charge in [0.15, 0.2) is 0 Å². The molecule has 0 amide bonds. The van der Waals surface area contributed by atoms with E-state index in [1.54, 1.807) is 13.0 Å². The summed E-state index contributed by atoms with van der Waals surface area (Å²) in [6.07, 6.45) is 0. The zero-order chi connectivity index (χ0) is 13.9. The molecule has 0 radical (unpaired) electrons. The topological polar surface area (TPSA) is 72.6 Å². The van der Waals surface area contributed by atoms with Crippen molar-refractivity contribution >= 4 is 15.7 Å². The van der Waals surface area contributed by atoms with Crippen molar-refractivity contribution in [3.05, 3.63) is 23.3 Å². The Balaban J connectivity index is 3.20. The second-order valence-corrected chi connectivity index (χ2v) is 6.29. The van der Waals surface area contributed by atoms with Crippen molar-refractivity contribution in [1.29, 1.82) is 0 Å². The van der Waals surface area contributed by atoms with E-state index < -0.39 is 10.0 Å². The SMILES string of the molecule is COCCN(C)S(=O)(=O)c1cc(N)cc(C)c1C. The van der Waals surface area contributed by atoms with Gasteiger partial charge in [-0.25, -0.2) is 8.42 Å². The fraction of sp³-hybridized carbons (Fsp3) is 0.500. The summed E-state index contributed by atoms with van der Waals surface area (Å²) in [5, 5.41) is 0. The average molecular weight is 272 g/mol. The highest BCUT2D eigenvalue weighted by Crippen LogP contribution is 2.24. The normalized spacial score (nSPS) is 12.1. The first-order valence-electron chi connectivity index (χ1n) is 5.62. The van der Waals surface area contributed by atoms with Gasteiger partial charge in [0, 0.05) is 26.4 Å². The number of sulfonamides is 1. The van der Waals surface area contributed by atoms with Crippen molar-refractivity contribution in [2.75, 3.05) is 33.0 Å². The number of aryl methyl sites for hydroxylation is 1. The van der Waals surface area contributed by atoms with Gasteiger partial charge in [0.1, 0.15) is 0 Å². The van der Waals surface area contributed by atoms with E-state index in [1.807, 2.05) is 6.92 Å². The van der Waals surface area contributed by atoms with Crippen molar-refractivity contribution in [3.8, 4) is 0 Å². The highest BCUT2D eigenvalue weighted by molar-refractivity contribution is 7.89. The monoisotopic (exact) mass is 272 g/mol. The molecule has 1 aromatic carbocycles. The number of nitrogens with zero attached hydrogens (tertiary/aromatic N) is 1. The first-order chi connectivity index (χ1) is 8.30. The number of nitrogens with two attached hydrogens (primary N) is 1. The number of methoxy groups -OCH3 is 1. The average Bonchev–Trinajstić information content (AvgIpc) is 2.30. The molecule has 0 bridgehead atoms. The first-order valence-corrected chi connectivity index (χ1v) is 7.06. The quantitative estimate of drug-likeness (QED) is 0.816. The number of ether oxygens (including phenoxy) is 1. The van der Waals surface area contributed by atoms with Gasteiger partial charge in [-0.1, -0.05) is 0 Å². The first kappa shape index (κ1) is 14.9. The Morgan fingerprint density at radius 2 is 1.94 bits per heavy atom. The van der Waals surface area contributed by atoms with Crippen molar-refractivity contribution in [1.82, 2.24) is 4.31 Å². The lowest BCUT2D eigenvalue weighted by Gasteiger charge is -2.19. The summed E-state index contributed by atoms with van der Waals surface area (Å²) in [5.41, 5.74) is 7.77. The van der Waals surface area contributed by atoms with E-state index in [2.05, 4.69) is 0 Å². The van der Waals surface area contributed by atoms with E-state index in [4.69, 9.17) is 10.5 Å². The van der Waals surface area contributed by atoms with Crippen LogP contribution in [0, 0.1) is 13.8 Å². The van der Waals surface area contributed by atoms with Crippen LogP contribution in [0.1, 0.15) is 11.1 Å². The summed E-state index contributed by atoms with van der Waals surface area (Å²) in [4.78, 5) is 0.263. The number of anilines is 1. The molecule has 5 nitrogen and oxygen atoms in total. The Bertz CT molecular complexity index is 526. The highest BCUT2D eigenvalue weighted by Gasteiger charge is 2.23. The summed E-state index contributed by atoms with van der Waals surface area (Å²) < 4.78 is 30.9. The fourth-order valence-corrected chi connectivity index (χ4v) is 3.11. The molecule has 18 heavy (non-hydrogen) atoms. The molecule has 0 heterocycles. The third kappa shape index (κ3) is 3.01. The molecule has 0 aliphatic rings. The second kappa shape index (κ2) is 5.69. The molecule has 1 aromatic rings. The standard InChI is InChI=1S/C12H20N2O3S/c1-9-7-11(13)8-12(10(9)2)18(15,16)14(3)5-6-17-4/h7-8H,5-6,13H2,1-4H3. The molecule has 6 heteroatoms. The van der Waals surface area contributed by atoms with Crippen molar-refractivity contribution < 1.29 is 13.2 Å². The van der Waals surface area contributed by atoms with Crippen LogP contribution in [0.5, 0.6) is 0 Å². The van der Waals surface area contributed by atoms with Gasteiger partial charge in [-0.15, -0.1) is 0 Å². The van der Waals surface area contributed by atoms with Crippen molar-refractivity contribution in [2.45, 2.75) is 18.7 Å². The maximum Gasteiger partial charge on any atom is 0.243 e. The van der Waals surface area contributed by atoms with E-state index in [0.29, 0.717) is 18.8 Å². The Morgan fingerprint density at radius 3 is 2.50 bits per heavy atom. The lowest BCUT2D eigenvalue weighted by atomic mass is 10.1. The van der Waals surface area contributed by atoms with E-state index in [0.717, 1.165) is 11.1 Å². The Kier molecular flexibility index (Phi) is 4.72. The zero-order valence-electron chi connectivity index (χ0n) is 11.2. The fourth-order valence-electron chi connectivity index (χ4n) is 1.63. The molecular weight excluding hydrogens is 252 g/mol. The Hall–Kier alpha value is -1.11. The van der Waals surface area contributed by atoms with Gasteiger partial charge in [0.05, 0.1) is 11.5 Å². The van der Waals surface area contributed by atoms with Crippen LogP contribution in [0.4, 0.5) is 5.69 Å². The van der Waals surface area contributed by atoms with Gasteiger partial charge >= 0.3 is 0 Å². The number of likely N-dealkylation sites (N-methyl/N-ethyl adjacent to an activating group) is 1. The molecule has 0 aromatic heterocycles. The van der Waals surface area contributed by atoms with Crippen LogP contribution in [-0.4, -0.2) is 40.0 Å². The van der Waals surface area contributed by atoms with Crippen LogP contribution in [0.25, 0.3) is 0 Å². The molecule has 0 saturated carbocycles. The van der Waals surface area contributed by atoms with Crippen LogP contribution in [0.2, 0.25) is 0 Å². The van der Waals surface area contributed by atoms with E-state index in [1.165, 1.54) is 24.5 Å². The molecule has 0 aliphatic heterocycles. The van der Waals surface area contributed by atoms with Gasteiger partial charge in [0.2, 0.25) is 10.0 Å². The number of benzene rings is 1. The predicted molar refractivity (Wildman–Crippen MR) is 72.0 cm³/mol. The lowest BCUT2D eigenvalue weighted by molar-refractivity contribution is 0.185. The molecule has 0 unspecified atom stereocenters. The molecule has 0 aliphatic carbocycles. The molecule has 0 saturated heterocycles. The maximum absolute atomic E-state index is 12.4. The molecule has 0 fully saturated rings. The van der Waals surface area contributed by atoms with E-state index in [9.17, 15) is 8.42 Å². The third-order valence-corrected chi connectivity index (χ3v) is 4.92. The van der Waals surface area contributed by atoms with Crippen LogP contribution in [0.15, 0.2) is 17.0 Å². The lowest BCUT2D eigenvalue weighted by Crippen LogP contribution is -2.30. The molecule has 102 valence electrons. The Morgan fingerprint density at radius 1 is 1.33 bits per heavy atom. The number of hydrogen-bond donors (Lipinski definition) is 1. The smallest absolute Gasteiger partial charge is 0.243 e. The van der Waals surface area contributed by atoms with Crippen LogP contribution in [0.3, 0.4) is 0 Å². The predicted octanol–water partition coefficient (Wildman–Crippen LogP) is 1.15. The molecule has 2 N–H and O–H groups in total. The van der Waals surface area contributed by atoms with Crippen LogP contribution >= 0.6 is 0 Å². The van der Waals surface area contributed by atoms with Crippen molar-refractivity contribution in [2.24, 2.45) is 0 Å². The zero-order valence-corrected chi connectivity index (χ0v) is 12.0. The summed E-state index contributed by atoms with van der Waals surface area (Å²) in [5.74, 6) is 0. The number of hydrogen-bond acceptors (Lipinski definition) is 4. The summed E-state index contributed by atoms with van der Waals surface area (Å²) >= 11 is 0. The van der Waals surface area contributed by atoms with Crippen LogP contribution < -0.4 is 5.73 Å². The Labute approximate surface area is 109 Å². The number of rotatable bonds is 5. The van der Waals surface area contributed by atoms with Gasteiger partial charge in [0.25, 0.3) is 0 Å². The maximum atomic E-state index is 12.4. The molecule has 0 atom stereocenters. The minimum Gasteiger partial charge on any atom is -0.399 e. The minimum absolute atomic E-state index is 0.263. The molecule has 1 rings (SSSR count). The van der Waals surface area contributed by atoms with E-state index >= 15 is 0 Å². The van der Waals surface area contributed by atoms with Gasteiger partial charge in [-0.3, -0.25) is 0 Å². The largest absolute Gasteiger partial charge is 0.399 e. The summed E-state index contributed by atoms with van der Waals surface area (Å²) in [6.45, 7) is 4.30. The van der Waals surface area contributed by atoms with Gasteiger partial charge in [-0.05, 0) is 37.1 Å². The summed E-state index contributed by atoms with van der Waals surface area (Å²) in [7, 11) is -0.441. The highest BCUT2D eigenvalue weighted by atomic mass is 32.2. The van der Waals surface area contributed by atoms with Crippen LogP contribution in [-0.2, 0) is 14.8 Å². The minimum atomic E-state index is -3.51.